The normalized spacial score (nSPS) is 16.3. The first-order valence-corrected chi connectivity index (χ1v) is 7.88. The summed E-state index contributed by atoms with van der Waals surface area (Å²) < 4.78 is 0. The molecule has 0 spiro atoms. The molecule has 1 aliphatic rings. The monoisotopic (exact) mass is 279 g/mol. The van der Waals surface area contributed by atoms with Crippen molar-refractivity contribution < 1.29 is 4.79 Å². The van der Waals surface area contributed by atoms with Crippen molar-refractivity contribution in [1.29, 1.82) is 0 Å². The molecular weight excluding hydrogens is 258 g/mol. The molecule has 1 aromatic rings. The van der Waals surface area contributed by atoms with Crippen molar-refractivity contribution in [2.75, 3.05) is 44.3 Å². The summed E-state index contributed by atoms with van der Waals surface area (Å²) in [7, 11) is 0. The second kappa shape index (κ2) is 7.53. The smallest absolute Gasteiger partial charge is 0.225 e. The number of hydrogen-bond donors (Lipinski definition) is 2. The van der Waals surface area contributed by atoms with Crippen molar-refractivity contribution in [3.8, 4) is 0 Å². The lowest BCUT2D eigenvalue weighted by atomic mass is 10.3. The van der Waals surface area contributed by atoms with Gasteiger partial charge in [-0.15, -0.1) is 11.8 Å². The van der Waals surface area contributed by atoms with E-state index >= 15 is 0 Å². The standard InChI is InChI=1S/C14H21N3OS/c1-19-13-5-3-2-4-12(13)16-14(18)6-9-17-10-7-15-8-11-17/h2-5,15H,6-11H2,1H3,(H,16,18). The van der Waals surface area contributed by atoms with Crippen molar-refractivity contribution >= 4 is 23.4 Å². The van der Waals surface area contributed by atoms with E-state index in [2.05, 4.69) is 15.5 Å². The number of amides is 1. The summed E-state index contributed by atoms with van der Waals surface area (Å²) in [6, 6.07) is 7.92. The van der Waals surface area contributed by atoms with Crippen LogP contribution in [0.1, 0.15) is 6.42 Å². The molecule has 4 nitrogen and oxygen atoms in total. The van der Waals surface area contributed by atoms with Crippen molar-refractivity contribution in [1.82, 2.24) is 10.2 Å². The average molecular weight is 279 g/mol. The number of anilines is 1. The van der Waals surface area contributed by atoms with E-state index in [9.17, 15) is 4.79 Å². The highest BCUT2D eigenvalue weighted by molar-refractivity contribution is 7.98. The van der Waals surface area contributed by atoms with Gasteiger partial charge in [0.1, 0.15) is 0 Å². The summed E-state index contributed by atoms with van der Waals surface area (Å²) >= 11 is 1.65. The largest absolute Gasteiger partial charge is 0.325 e. The van der Waals surface area contributed by atoms with Gasteiger partial charge < -0.3 is 15.5 Å². The number of rotatable bonds is 5. The molecule has 0 saturated carbocycles. The molecule has 0 unspecified atom stereocenters. The SMILES string of the molecule is CSc1ccccc1NC(=O)CCN1CCNCC1. The molecule has 0 radical (unpaired) electrons. The Hall–Kier alpha value is -1.04. The lowest BCUT2D eigenvalue weighted by molar-refractivity contribution is -0.116. The molecule has 19 heavy (non-hydrogen) atoms. The van der Waals surface area contributed by atoms with E-state index in [1.165, 1.54) is 0 Å². The Morgan fingerprint density at radius 1 is 1.37 bits per heavy atom. The molecule has 0 aliphatic carbocycles. The van der Waals surface area contributed by atoms with Gasteiger partial charge in [-0.2, -0.15) is 0 Å². The van der Waals surface area contributed by atoms with Crippen LogP contribution in [0.5, 0.6) is 0 Å². The van der Waals surface area contributed by atoms with Crippen molar-refractivity contribution in [2.45, 2.75) is 11.3 Å². The minimum atomic E-state index is 0.0973. The third kappa shape index (κ3) is 4.53. The zero-order valence-electron chi connectivity index (χ0n) is 11.3. The van der Waals surface area contributed by atoms with Gasteiger partial charge in [0.15, 0.2) is 0 Å². The predicted octanol–water partition coefficient (Wildman–Crippen LogP) is 1.64. The first-order chi connectivity index (χ1) is 9.29. The number of para-hydroxylation sites is 1. The molecule has 104 valence electrons. The lowest BCUT2D eigenvalue weighted by Gasteiger charge is -2.26. The number of benzene rings is 1. The quantitative estimate of drug-likeness (QED) is 0.804. The minimum absolute atomic E-state index is 0.0973. The number of carbonyl (C=O) groups is 1. The van der Waals surface area contributed by atoms with Crippen LogP contribution in [0.25, 0.3) is 0 Å². The van der Waals surface area contributed by atoms with E-state index in [1.54, 1.807) is 11.8 Å². The zero-order valence-corrected chi connectivity index (χ0v) is 12.1. The fraction of sp³-hybridized carbons (Fsp3) is 0.500. The van der Waals surface area contributed by atoms with Crippen molar-refractivity contribution in [2.24, 2.45) is 0 Å². The maximum absolute atomic E-state index is 12.0. The highest BCUT2D eigenvalue weighted by Crippen LogP contribution is 2.24. The topological polar surface area (TPSA) is 44.4 Å². The molecule has 1 aliphatic heterocycles. The first-order valence-electron chi connectivity index (χ1n) is 6.65. The van der Waals surface area contributed by atoms with Crippen LogP contribution >= 0.6 is 11.8 Å². The maximum atomic E-state index is 12.0. The molecule has 0 bridgehead atoms. The summed E-state index contributed by atoms with van der Waals surface area (Å²) in [6.07, 6.45) is 2.58. The van der Waals surface area contributed by atoms with Crippen LogP contribution in [0.15, 0.2) is 29.2 Å². The first kappa shape index (κ1) is 14.4. The third-order valence-corrected chi connectivity index (χ3v) is 4.04. The van der Waals surface area contributed by atoms with Crippen LogP contribution in [0.2, 0.25) is 0 Å². The van der Waals surface area contributed by atoms with Gasteiger partial charge in [-0.05, 0) is 18.4 Å². The molecule has 1 amide bonds. The van der Waals surface area contributed by atoms with Gasteiger partial charge in [-0.3, -0.25) is 4.79 Å². The summed E-state index contributed by atoms with van der Waals surface area (Å²) in [6.45, 7) is 4.96. The molecule has 2 rings (SSSR count). The fourth-order valence-corrected chi connectivity index (χ4v) is 2.71. The van der Waals surface area contributed by atoms with Crippen molar-refractivity contribution in [3.63, 3.8) is 0 Å². The summed E-state index contributed by atoms with van der Waals surface area (Å²) in [5, 5.41) is 6.31. The van der Waals surface area contributed by atoms with Crippen LogP contribution < -0.4 is 10.6 Å². The number of thioether (sulfide) groups is 1. The lowest BCUT2D eigenvalue weighted by Crippen LogP contribution is -2.44. The molecule has 0 atom stereocenters. The van der Waals surface area contributed by atoms with Gasteiger partial charge in [-0.1, -0.05) is 12.1 Å². The van der Waals surface area contributed by atoms with Crippen molar-refractivity contribution in [3.05, 3.63) is 24.3 Å². The zero-order chi connectivity index (χ0) is 13.5. The molecule has 0 aromatic heterocycles. The molecular formula is C14H21N3OS. The maximum Gasteiger partial charge on any atom is 0.225 e. The third-order valence-electron chi connectivity index (χ3n) is 3.25. The Balaban J connectivity index is 1.80. The van der Waals surface area contributed by atoms with Crippen LogP contribution in [0.4, 0.5) is 5.69 Å². The Labute approximate surface area is 118 Å². The summed E-state index contributed by atoms with van der Waals surface area (Å²) in [5.41, 5.74) is 0.917. The number of carbonyl (C=O) groups excluding carboxylic acids is 1. The molecule has 1 saturated heterocycles. The Bertz CT molecular complexity index is 419. The number of piperazine rings is 1. The van der Waals surface area contributed by atoms with Crippen LogP contribution in [0.3, 0.4) is 0 Å². The van der Waals surface area contributed by atoms with E-state index in [0.29, 0.717) is 6.42 Å². The highest BCUT2D eigenvalue weighted by atomic mass is 32.2. The molecule has 1 aromatic carbocycles. The molecule has 1 fully saturated rings. The van der Waals surface area contributed by atoms with E-state index in [1.807, 2.05) is 30.5 Å². The van der Waals surface area contributed by atoms with Crippen LogP contribution in [0, 0.1) is 0 Å². The van der Waals surface area contributed by atoms with Crippen LogP contribution in [-0.4, -0.2) is 49.8 Å². The minimum Gasteiger partial charge on any atom is -0.325 e. The molecule has 1 heterocycles. The second-order valence-corrected chi connectivity index (χ2v) is 5.44. The van der Waals surface area contributed by atoms with Gasteiger partial charge in [0.2, 0.25) is 5.91 Å². The Kier molecular flexibility index (Phi) is 5.69. The van der Waals surface area contributed by atoms with Crippen LogP contribution in [-0.2, 0) is 4.79 Å². The van der Waals surface area contributed by atoms with Gasteiger partial charge in [-0.25, -0.2) is 0 Å². The predicted molar refractivity (Wildman–Crippen MR) is 80.8 cm³/mol. The second-order valence-electron chi connectivity index (χ2n) is 4.59. The summed E-state index contributed by atoms with van der Waals surface area (Å²) in [5.74, 6) is 0.0973. The van der Waals surface area contributed by atoms with Gasteiger partial charge in [0, 0.05) is 44.0 Å². The van der Waals surface area contributed by atoms with Gasteiger partial charge in [0.25, 0.3) is 0 Å². The fourth-order valence-electron chi connectivity index (χ4n) is 2.16. The number of nitrogens with one attached hydrogen (secondary N) is 2. The summed E-state index contributed by atoms with van der Waals surface area (Å²) in [4.78, 5) is 15.4. The van der Waals surface area contributed by atoms with E-state index in [4.69, 9.17) is 0 Å². The van der Waals surface area contributed by atoms with E-state index < -0.39 is 0 Å². The number of nitrogens with zero attached hydrogens (tertiary/aromatic N) is 1. The van der Waals surface area contributed by atoms with E-state index in [0.717, 1.165) is 43.3 Å². The molecule has 5 heteroatoms. The molecule has 2 N–H and O–H groups in total. The Morgan fingerprint density at radius 3 is 2.84 bits per heavy atom. The van der Waals surface area contributed by atoms with Gasteiger partial charge in [0.05, 0.1) is 5.69 Å². The van der Waals surface area contributed by atoms with Gasteiger partial charge >= 0.3 is 0 Å². The average Bonchev–Trinajstić information content (AvgIpc) is 2.47. The number of hydrogen-bond acceptors (Lipinski definition) is 4. The highest BCUT2D eigenvalue weighted by Gasteiger charge is 2.12. The Morgan fingerprint density at radius 2 is 2.11 bits per heavy atom. The van der Waals surface area contributed by atoms with E-state index in [-0.39, 0.29) is 5.91 Å².